The Hall–Kier alpha value is -1.23. The van der Waals surface area contributed by atoms with E-state index in [4.69, 9.17) is 4.74 Å². The van der Waals surface area contributed by atoms with Gasteiger partial charge in [-0.25, -0.2) is 4.68 Å². The highest BCUT2D eigenvalue weighted by Crippen LogP contribution is 2.22. The number of hydrogen-bond donors (Lipinski definition) is 0. The van der Waals surface area contributed by atoms with Crippen LogP contribution in [0.15, 0.2) is 6.20 Å². The number of aromatic nitrogens is 3. The summed E-state index contributed by atoms with van der Waals surface area (Å²) in [5, 5.41) is 7.65. The number of ether oxygens (including phenoxy) is 1. The first-order chi connectivity index (χ1) is 11.9. The van der Waals surface area contributed by atoms with Crippen molar-refractivity contribution in [3.63, 3.8) is 0 Å². The van der Waals surface area contributed by atoms with Crippen LogP contribution in [0.25, 0.3) is 0 Å². The molecule has 0 aliphatic heterocycles. The molecule has 25 heavy (non-hydrogen) atoms. The molecule has 0 radical (unpaired) electrons. The van der Waals surface area contributed by atoms with E-state index < -0.39 is 0 Å². The van der Waals surface area contributed by atoms with E-state index in [0.717, 1.165) is 13.0 Å². The SMILES string of the molecule is CC(=O)c1cn(COCCCCCCCCCCCC(C)(C)C)nn1. The van der Waals surface area contributed by atoms with E-state index in [2.05, 4.69) is 31.1 Å². The van der Waals surface area contributed by atoms with Gasteiger partial charge in [0.25, 0.3) is 0 Å². The van der Waals surface area contributed by atoms with Crippen molar-refractivity contribution in [2.24, 2.45) is 5.41 Å². The van der Waals surface area contributed by atoms with Gasteiger partial charge in [-0.2, -0.15) is 0 Å². The van der Waals surface area contributed by atoms with E-state index in [-0.39, 0.29) is 5.78 Å². The quantitative estimate of drug-likeness (QED) is 0.332. The summed E-state index contributed by atoms with van der Waals surface area (Å²) < 4.78 is 7.13. The number of nitrogens with zero attached hydrogens (tertiary/aromatic N) is 3. The van der Waals surface area contributed by atoms with E-state index in [1.165, 1.54) is 64.7 Å². The van der Waals surface area contributed by atoms with E-state index >= 15 is 0 Å². The molecule has 0 atom stereocenters. The number of carbonyl (C=O) groups excluding carboxylic acids is 1. The second-order valence-electron chi connectivity index (χ2n) is 8.23. The molecule has 144 valence electrons. The number of Topliss-reactive ketones (excluding diaryl/α,β-unsaturated/α-hetero) is 1. The average Bonchev–Trinajstić information content (AvgIpc) is 3.00. The Kier molecular flexibility index (Phi) is 10.6. The Labute approximate surface area is 153 Å². The van der Waals surface area contributed by atoms with Crippen molar-refractivity contribution >= 4 is 5.78 Å². The highest BCUT2D eigenvalue weighted by Gasteiger charge is 2.08. The molecule has 5 heteroatoms. The van der Waals surface area contributed by atoms with Gasteiger partial charge < -0.3 is 4.74 Å². The highest BCUT2D eigenvalue weighted by atomic mass is 16.5. The van der Waals surface area contributed by atoms with Crippen LogP contribution in [0, 0.1) is 5.41 Å². The molecule has 0 spiro atoms. The molecule has 1 aromatic heterocycles. The van der Waals surface area contributed by atoms with Gasteiger partial charge in [-0.05, 0) is 18.3 Å². The molecule has 0 saturated heterocycles. The summed E-state index contributed by atoms with van der Waals surface area (Å²) in [6, 6.07) is 0. The first-order valence-electron chi connectivity index (χ1n) is 9.87. The molecule has 0 aliphatic rings. The highest BCUT2D eigenvalue weighted by molar-refractivity contribution is 5.91. The van der Waals surface area contributed by atoms with Gasteiger partial charge in [-0.1, -0.05) is 77.4 Å². The van der Waals surface area contributed by atoms with Gasteiger partial charge in [0.15, 0.2) is 5.78 Å². The van der Waals surface area contributed by atoms with Crippen LogP contribution >= 0.6 is 0 Å². The van der Waals surface area contributed by atoms with Crippen LogP contribution in [0.5, 0.6) is 0 Å². The van der Waals surface area contributed by atoms with Crippen LogP contribution in [0.1, 0.15) is 102 Å². The molecular weight excluding hydrogens is 314 g/mol. The molecular formula is C20H37N3O2. The lowest BCUT2D eigenvalue weighted by atomic mass is 9.89. The van der Waals surface area contributed by atoms with Crippen molar-refractivity contribution in [2.45, 2.75) is 98.6 Å². The van der Waals surface area contributed by atoms with Gasteiger partial charge in [0.2, 0.25) is 0 Å². The fourth-order valence-electron chi connectivity index (χ4n) is 2.78. The van der Waals surface area contributed by atoms with Crippen molar-refractivity contribution in [1.82, 2.24) is 15.0 Å². The topological polar surface area (TPSA) is 57.0 Å². The van der Waals surface area contributed by atoms with Crippen LogP contribution in [-0.2, 0) is 11.5 Å². The summed E-state index contributed by atoms with van der Waals surface area (Å²) in [5.74, 6) is -0.0690. The number of rotatable bonds is 14. The third-order valence-corrected chi connectivity index (χ3v) is 4.34. The molecule has 0 saturated carbocycles. The monoisotopic (exact) mass is 351 g/mol. The van der Waals surface area contributed by atoms with E-state index in [1.807, 2.05) is 0 Å². The average molecular weight is 352 g/mol. The zero-order valence-corrected chi connectivity index (χ0v) is 16.7. The lowest BCUT2D eigenvalue weighted by molar-refractivity contribution is 0.0646. The third-order valence-electron chi connectivity index (χ3n) is 4.34. The van der Waals surface area contributed by atoms with Gasteiger partial charge in [0.1, 0.15) is 12.4 Å². The van der Waals surface area contributed by atoms with Crippen LogP contribution in [0.3, 0.4) is 0 Å². The molecule has 0 unspecified atom stereocenters. The maximum atomic E-state index is 11.1. The number of unbranched alkanes of at least 4 members (excludes halogenated alkanes) is 8. The largest absolute Gasteiger partial charge is 0.359 e. The molecule has 1 rings (SSSR count). The van der Waals surface area contributed by atoms with Crippen LogP contribution in [-0.4, -0.2) is 27.4 Å². The van der Waals surface area contributed by atoms with Gasteiger partial charge in [0.05, 0.1) is 6.20 Å². The molecule has 1 aromatic rings. The first kappa shape index (κ1) is 21.8. The van der Waals surface area contributed by atoms with Crippen molar-refractivity contribution < 1.29 is 9.53 Å². The van der Waals surface area contributed by atoms with Gasteiger partial charge in [0, 0.05) is 13.5 Å². The van der Waals surface area contributed by atoms with E-state index in [1.54, 1.807) is 10.9 Å². The maximum Gasteiger partial charge on any atom is 0.181 e. The van der Waals surface area contributed by atoms with E-state index in [9.17, 15) is 4.79 Å². The van der Waals surface area contributed by atoms with Gasteiger partial charge >= 0.3 is 0 Å². The predicted octanol–water partition coefficient (Wildman–Crippen LogP) is 5.40. The van der Waals surface area contributed by atoms with Crippen molar-refractivity contribution in [2.75, 3.05) is 6.61 Å². The minimum absolute atomic E-state index is 0.0690. The zero-order chi connectivity index (χ0) is 18.5. The molecule has 0 aromatic carbocycles. The molecule has 5 nitrogen and oxygen atoms in total. The molecule has 1 heterocycles. The lowest BCUT2D eigenvalue weighted by Gasteiger charge is -2.17. The van der Waals surface area contributed by atoms with Crippen LogP contribution in [0.2, 0.25) is 0 Å². The predicted molar refractivity (Wildman–Crippen MR) is 102 cm³/mol. The zero-order valence-electron chi connectivity index (χ0n) is 16.7. The third kappa shape index (κ3) is 11.9. The summed E-state index contributed by atoms with van der Waals surface area (Å²) in [6.45, 7) is 9.57. The van der Waals surface area contributed by atoms with Gasteiger partial charge in [-0.3, -0.25) is 4.79 Å². The van der Waals surface area contributed by atoms with Crippen molar-refractivity contribution in [3.8, 4) is 0 Å². The smallest absolute Gasteiger partial charge is 0.181 e. The van der Waals surface area contributed by atoms with E-state index in [0.29, 0.717) is 17.8 Å². The molecule has 0 N–H and O–H groups in total. The van der Waals surface area contributed by atoms with Crippen LogP contribution in [0.4, 0.5) is 0 Å². The number of carbonyl (C=O) groups is 1. The second-order valence-corrected chi connectivity index (χ2v) is 8.23. The Balaban J connectivity index is 1.83. The Morgan fingerprint density at radius 2 is 1.56 bits per heavy atom. The fraction of sp³-hybridized carbons (Fsp3) is 0.850. The summed E-state index contributed by atoms with van der Waals surface area (Å²) >= 11 is 0. The minimum Gasteiger partial charge on any atom is -0.359 e. The second kappa shape index (κ2) is 12.2. The normalized spacial score (nSPS) is 11.8. The summed E-state index contributed by atoms with van der Waals surface area (Å²) in [4.78, 5) is 11.1. The maximum absolute atomic E-state index is 11.1. The van der Waals surface area contributed by atoms with Crippen LogP contribution < -0.4 is 0 Å². The minimum atomic E-state index is -0.0690. The number of hydrogen-bond acceptors (Lipinski definition) is 4. The fourth-order valence-corrected chi connectivity index (χ4v) is 2.78. The van der Waals surface area contributed by atoms with Crippen molar-refractivity contribution in [3.05, 3.63) is 11.9 Å². The molecule has 0 fully saturated rings. The Morgan fingerprint density at radius 3 is 2.08 bits per heavy atom. The Morgan fingerprint density at radius 1 is 1.00 bits per heavy atom. The summed E-state index contributed by atoms with van der Waals surface area (Å²) in [7, 11) is 0. The Bertz CT molecular complexity index is 478. The van der Waals surface area contributed by atoms with Gasteiger partial charge in [-0.15, -0.1) is 5.10 Å². The molecule has 0 aliphatic carbocycles. The van der Waals surface area contributed by atoms with Crippen molar-refractivity contribution in [1.29, 1.82) is 0 Å². The number of ketones is 1. The first-order valence-corrected chi connectivity index (χ1v) is 9.87. The summed E-state index contributed by atoms with van der Waals surface area (Å²) in [6.07, 6.45) is 14.8. The summed E-state index contributed by atoms with van der Waals surface area (Å²) in [5.41, 5.74) is 0.883. The molecule has 0 bridgehead atoms. The lowest BCUT2D eigenvalue weighted by Crippen LogP contribution is -2.04. The standard InChI is InChI=1S/C20H37N3O2/c1-18(24)19-16-23(22-21-19)17-25-15-13-11-9-7-5-6-8-10-12-14-20(2,3)4/h16H,5-15,17H2,1-4H3. The molecule has 0 amide bonds.